The molecule has 3 rings (SSSR count). The lowest BCUT2D eigenvalue weighted by Crippen LogP contribution is -2.53. The van der Waals surface area contributed by atoms with Gasteiger partial charge in [-0.25, -0.2) is 0 Å². The van der Waals surface area contributed by atoms with E-state index in [4.69, 9.17) is 4.42 Å². The van der Waals surface area contributed by atoms with Gasteiger partial charge in [0, 0.05) is 44.4 Å². The summed E-state index contributed by atoms with van der Waals surface area (Å²) in [6.45, 7) is 4.35. The van der Waals surface area contributed by atoms with Gasteiger partial charge in [0.2, 0.25) is 11.8 Å². The molecule has 2 heterocycles. The van der Waals surface area contributed by atoms with E-state index < -0.39 is 0 Å². The number of hydrogen-bond acceptors (Lipinski definition) is 5. The van der Waals surface area contributed by atoms with E-state index in [1.165, 1.54) is 25.0 Å². The van der Waals surface area contributed by atoms with Gasteiger partial charge in [-0.15, -0.1) is 0 Å². The average molecular weight is 397 g/mol. The van der Waals surface area contributed by atoms with Gasteiger partial charge in [0.15, 0.2) is 11.5 Å². The number of carbonyl (C=O) groups is 4. The van der Waals surface area contributed by atoms with Gasteiger partial charge in [0.1, 0.15) is 6.54 Å². The molecule has 2 aromatic rings. The van der Waals surface area contributed by atoms with Gasteiger partial charge in [-0.2, -0.15) is 0 Å². The molecule has 1 aliphatic heterocycles. The van der Waals surface area contributed by atoms with Crippen LogP contribution in [0.1, 0.15) is 34.8 Å². The van der Waals surface area contributed by atoms with Crippen molar-refractivity contribution >= 4 is 29.2 Å². The lowest BCUT2D eigenvalue weighted by atomic mass is 10.1. The Hall–Kier alpha value is -3.42. The van der Waals surface area contributed by atoms with Gasteiger partial charge >= 0.3 is 0 Å². The minimum atomic E-state index is -0.263. The van der Waals surface area contributed by atoms with E-state index in [1.54, 1.807) is 46.2 Å². The first-order chi connectivity index (χ1) is 13.9. The standard InChI is InChI=1S/C21H23N3O5/c1-15(25)17-5-7-18(8-6-17)24(16(2)26)14-20(27)22-9-11-23(12-10-22)21(28)19-4-3-13-29-19/h3-8,13H,9-12,14H2,1-2H3. The molecule has 0 radical (unpaired) electrons. The summed E-state index contributed by atoms with van der Waals surface area (Å²) in [5.74, 6) is -0.440. The summed E-state index contributed by atoms with van der Waals surface area (Å²) in [6, 6.07) is 9.86. The average Bonchev–Trinajstić information content (AvgIpc) is 3.26. The Bertz CT molecular complexity index is 897. The second kappa shape index (κ2) is 8.72. The minimum absolute atomic E-state index is 0.0658. The van der Waals surface area contributed by atoms with Crippen molar-refractivity contribution in [2.45, 2.75) is 13.8 Å². The molecular weight excluding hydrogens is 374 g/mol. The third-order valence-corrected chi connectivity index (χ3v) is 4.91. The Labute approximate surface area is 168 Å². The fraction of sp³-hybridized carbons (Fsp3) is 0.333. The Kier molecular flexibility index (Phi) is 6.11. The topological polar surface area (TPSA) is 91.1 Å². The summed E-state index contributed by atoms with van der Waals surface area (Å²) in [4.78, 5) is 53.2. The van der Waals surface area contributed by atoms with Crippen LogP contribution >= 0.6 is 0 Å². The van der Waals surface area contributed by atoms with Gasteiger partial charge in [-0.1, -0.05) is 0 Å². The van der Waals surface area contributed by atoms with Crippen LogP contribution in [-0.2, 0) is 9.59 Å². The number of ketones is 1. The zero-order valence-electron chi connectivity index (χ0n) is 16.5. The van der Waals surface area contributed by atoms with E-state index in [-0.39, 0.29) is 35.8 Å². The first-order valence-electron chi connectivity index (χ1n) is 9.36. The molecule has 1 fully saturated rings. The number of benzene rings is 1. The maximum atomic E-state index is 12.7. The van der Waals surface area contributed by atoms with Gasteiger partial charge in [-0.05, 0) is 43.3 Å². The smallest absolute Gasteiger partial charge is 0.289 e. The number of amides is 3. The Morgan fingerprint density at radius 2 is 1.55 bits per heavy atom. The monoisotopic (exact) mass is 397 g/mol. The maximum absolute atomic E-state index is 12.7. The van der Waals surface area contributed by atoms with Crippen molar-refractivity contribution in [1.29, 1.82) is 0 Å². The van der Waals surface area contributed by atoms with E-state index in [0.29, 0.717) is 37.4 Å². The van der Waals surface area contributed by atoms with Crippen LogP contribution < -0.4 is 4.90 Å². The number of furan rings is 1. The number of carbonyl (C=O) groups excluding carboxylic acids is 4. The zero-order chi connectivity index (χ0) is 21.0. The molecule has 152 valence electrons. The highest BCUT2D eigenvalue weighted by Crippen LogP contribution is 2.17. The van der Waals surface area contributed by atoms with Gasteiger partial charge in [0.05, 0.1) is 6.26 Å². The summed E-state index contributed by atoms with van der Waals surface area (Å²) in [6.07, 6.45) is 1.45. The largest absolute Gasteiger partial charge is 0.459 e. The molecule has 0 spiro atoms. The molecule has 0 N–H and O–H groups in total. The summed E-state index contributed by atoms with van der Waals surface area (Å²) in [7, 11) is 0. The van der Waals surface area contributed by atoms with E-state index in [2.05, 4.69) is 0 Å². The van der Waals surface area contributed by atoms with Gasteiger partial charge in [-0.3, -0.25) is 19.2 Å². The molecule has 8 heteroatoms. The molecular formula is C21H23N3O5. The molecule has 1 aromatic carbocycles. The quantitative estimate of drug-likeness (QED) is 0.718. The van der Waals surface area contributed by atoms with E-state index >= 15 is 0 Å². The summed E-state index contributed by atoms with van der Waals surface area (Å²) in [5.41, 5.74) is 1.10. The Balaban J connectivity index is 1.60. The number of anilines is 1. The second-order valence-corrected chi connectivity index (χ2v) is 6.86. The minimum Gasteiger partial charge on any atom is -0.459 e. The normalized spacial score (nSPS) is 13.9. The number of Topliss-reactive ketones (excluding diaryl/α,β-unsaturated/α-hetero) is 1. The number of rotatable bonds is 5. The maximum Gasteiger partial charge on any atom is 0.289 e. The van der Waals surface area contributed by atoms with Crippen LogP contribution in [0.3, 0.4) is 0 Å². The molecule has 0 unspecified atom stereocenters. The highest BCUT2D eigenvalue weighted by molar-refractivity contribution is 5.99. The lowest BCUT2D eigenvalue weighted by Gasteiger charge is -2.35. The fourth-order valence-electron chi connectivity index (χ4n) is 3.21. The van der Waals surface area contributed by atoms with Crippen molar-refractivity contribution in [3.8, 4) is 0 Å². The Morgan fingerprint density at radius 1 is 0.931 bits per heavy atom. The fourth-order valence-corrected chi connectivity index (χ4v) is 3.21. The van der Waals surface area contributed by atoms with Crippen LogP contribution in [0.4, 0.5) is 5.69 Å². The molecule has 1 aliphatic rings. The van der Waals surface area contributed by atoms with E-state index in [9.17, 15) is 19.2 Å². The highest BCUT2D eigenvalue weighted by atomic mass is 16.3. The van der Waals surface area contributed by atoms with Crippen molar-refractivity contribution in [1.82, 2.24) is 9.80 Å². The van der Waals surface area contributed by atoms with E-state index in [1.807, 2.05) is 0 Å². The van der Waals surface area contributed by atoms with Crippen LogP contribution in [0, 0.1) is 0 Å². The van der Waals surface area contributed by atoms with Crippen molar-refractivity contribution in [2.75, 3.05) is 37.6 Å². The van der Waals surface area contributed by atoms with Crippen molar-refractivity contribution in [3.63, 3.8) is 0 Å². The molecule has 1 saturated heterocycles. The predicted octanol–water partition coefficient (Wildman–Crippen LogP) is 1.82. The molecule has 0 bridgehead atoms. The van der Waals surface area contributed by atoms with Crippen molar-refractivity contribution in [3.05, 3.63) is 54.0 Å². The molecule has 29 heavy (non-hydrogen) atoms. The summed E-state index contributed by atoms with van der Waals surface area (Å²) < 4.78 is 5.14. The zero-order valence-corrected chi connectivity index (χ0v) is 16.5. The summed E-state index contributed by atoms with van der Waals surface area (Å²) in [5, 5.41) is 0. The molecule has 3 amide bonds. The van der Waals surface area contributed by atoms with Crippen molar-refractivity contribution in [2.24, 2.45) is 0 Å². The van der Waals surface area contributed by atoms with Gasteiger partial charge < -0.3 is 19.1 Å². The number of nitrogens with zero attached hydrogens (tertiary/aromatic N) is 3. The first kappa shape index (κ1) is 20.3. The molecule has 8 nitrogen and oxygen atoms in total. The third kappa shape index (κ3) is 4.71. The molecule has 0 saturated carbocycles. The molecule has 0 atom stereocenters. The second-order valence-electron chi connectivity index (χ2n) is 6.86. The Morgan fingerprint density at radius 3 is 2.07 bits per heavy atom. The van der Waals surface area contributed by atoms with Crippen LogP contribution in [0.25, 0.3) is 0 Å². The molecule has 1 aromatic heterocycles. The number of piperazine rings is 1. The van der Waals surface area contributed by atoms with E-state index in [0.717, 1.165) is 0 Å². The van der Waals surface area contributed by atoms with Crippen LogP contribution in [-0.4, -0.2) is 66.0 Å². The molecule has 0 aliphatic carbocycles. The third-order valence-electron chi connectivity index (χ3n) is 4.91. The predicted molar refractivity (Wildman–Crippen MR) is 106 cm³/mol. The van der Waals surface area contributed by atoms with Crippen molar-refractivity contribution < 1.29 is 23.6 Å². The summed E-state index contributed by atoms with van der Waals surface area (Å²) >= 11 is 0. The van der Waals surface area contributed by atoms with Gasteiger partial charge in [0.25, 0.3) is 5.91 Å². The SMILES string of the molecule is CC(=O)c1ccc(N(CC(=O)N2CCN(C(=O)c3ccco3)CC2)C(C)=O)cc1. The van der Waals surface area contributed by atoms with Crippen LogP contribution in [0.2, 0.25) is 0 Å². The van der Waals surface area contributed by atoms with Crippen LogP contribution in [0.15, 0.2) is 47.1 Å². The highest BCUT2D eigenvalue weighted by Gasteiger charge is 2.27. The first-order valence-corrected chi connectivity index (χ1v) is 9.36. The van der Waals surface area contributed by atoms with Crippen LogP contribution in [0.5, 0.6) is 0 Å². The number of hydrogen-bond donors (Lipinski definition) is 0. The lowest BCUT2D eigenvalue weighted by molar-refractivity contribution is -0.132.